The molecule has 0 amide bonds. The van der Waals surface area contributed by atoms with Crippen molar-refractivity contribution in [1.82, 2.24) is 24.1 Å². The minimum absolute atomic E-state index is 0.182. The Labute approximate surface area is 107 Å². The maximum absolute atomic E-state index is 12.5. The van der Waals surface area contributed by atoms with Gasteiger partial charge in [0.25, 0.3) is 0 Å². The van der Waals surface area contributed by atoms with Gasteiger partial charge in [0.05, 0.1) is 24.8 Å². The van der Waals surface area contributed by atoms with Gasteiger partial charge in [0, 0.05) is 6.20 Å². The first-order valence-corrected chi connectivity index (χ1v) is 5.65. The molecule has 0 N–H and O–H groups in total. The van der Waals surface area contributed by atoms with Crippen molar-refractivity contribution in [1.29, 1.82) is 5.26 Å². The summed E-state index contributed by atoms with van der Waals surface area (Å²) in [4.78, 5) is 8.34. The molecule has 6 nitrogen and oxygen atoms in total. The van der Waals surface area contributed by atoms with Crippen molar-refractivity contribution < 1.29 is 4.39 Å². The number of alkyl halides is 1. The highest BCUT2D eigenvalue weighted by Gasteiger charge is 2.17. The zero-order valence-electron chi connectivity index (χ0n) is 9.86. The third-order valence-electron chi connectivity index (χ3n) is 2.78. The van der Waals surface area contributed by atoms with E-state index in [1.54, 1.807) is 29.1 Å². The van der Waals surface area contributed by atoms with Crippen LogP contribution in [0.1, 0.15) is 5.69 Å². The smallest absolute Gasteiger partial charge is 0.172 e. The van der Waals surface area contributed by atoms with Crippen LogP contribution in [0.4, 0.5) is 4.39 Å². The third-order valence-corrected chi connectivity index (χ3v) is 2.78. The van der Waals surface area contributed by atoms with Gasteiger partial charge >= 0.3 is 0 Å². The first kappa shape index (κ1) is 11.3. The molecular formula is C12H9FN6. The summed E-state index contributed by atoms with van der Waals surface area (Å²) in [6, 6.07) is 5.58. The van der Waals surface area contributed by atoms with Gasteiger partial charge in [-0.1, -0.05) is 0 Å². The lowest BCUT2D eigenvalue weighted by molar-refractivity contribution is 0.447. The minimum atomic E-state index is -0.503. The van der Waals surface area contributed by atoms with Crippen LogP contribution in [0.5, 0.6) is 0 Å². The van der Waals surface area contributed by atoms with Crippen molar-refractivity contribution in [2.45, 2.75) is 6.54 Å². The lowest BCUT2D eigenvalue weighted by Gasteiger charge is -2.02. The summed E-state index contributed by atoms with van der Waals surface area (Å²) in [5, 5.41) is 13.4. The summed E-state index contributed by atoms with van der Waals surface area (Å²) in [6.07, 6.45) is 4.67. The molecule has 0 unspecified atom stereocenters. The fourth-order valence-corrected chi connectivity index (χ4v) is 1.95. The predicted octanol–water partition coefficient (Wildman–Crippen LogP) is 1.43. The van der Waals surface area contributed by atoms with Gasteiger partial charge in [0.1, 0.15) is 18.4 Å². The van der Waals surface area contributed by atoms with E-state index < -0.39 is 6.67 Å². The Morgan fingerprint density at radius 3 is 3.11 bits per heavy atom. The highest BCUT2D eigenvalue weighted by Crippen LogP contribution is 2.23. The first-order chi connectivity index (χ1) is 9.35. The number of halogens is 1. The number of nitriles is 1. The number of imidazole rings is 2. The second-order valence-corrected chi connectivity index (χ2v) is 3.88. The van der Waals surface area contributed by atoms with E-state index in [2.05, 4.69) is 21.1 Å². The van der Waals surface area contributed by atoms with E-state index in [1.807, 2.05) is 0 Å². The number of aryl methyl sites for hydroxylation is 1. The van der Waals surface area contributed by atoms with E-state index in [4.69, 9.17) is 0 Å². The molecule has 0 aliphatic carbocycles. The largest absolute Gasteiger partial charge is 0.327 e. The molecule has 0 spiro atoms. The lowest BCUT2D eigenvalue weighted by atomic mass is 10.2. The predicted molar refractivity (Wildman–Crippen MR) is 64.9 cm³/mol. The topological polar surface area (TPSA) is 71.8 Å². The van der Waals surface area contributed by atoms with Crippen molar-refractivity contribution in [3.8, 4) is 17.5 Å². The summed E-state index contributed by atoms with van der Waals surface area (Å²) in [5.41, 5.74) is 1.96. The molecule has 3 aromatic heterocycles. The van der Waals surface area contributed by atoms with Crippen molar-refractivity contribution in [2.75, 3.05) is 6.67 Å². The standard InChI is InChI=1S/C12H9FN6/c13-3-5-18-8-15-7-10(18)12-9(6-14)19-11(17-12)2-1-4-16-19/h1-2,4,7-8H,3,5H2. The van der Waals surface area contributed by atoms with Crippen LogP contribution in [0.25, 0.3) is 17.0 Å². The zero-order valence-corrected chi connectivity index (χ0v) is 9.86. The molecule has 0 aliphatic rings. The Balaban J connectivity index is 2.25. The van der Waals surface area contributed by atoms with Crippen molar-refractivity contribution in [2.24, 2.45) is 0 Å². The molecule has 0 radical (unpaired) electrons. The molecule has 0 fully saturated rings. The van der Waals surface area contributed by atoms with E-state index in [0.717, 1.165) is 0 Å². The number of hydrogen-bond acceptors (Lipinski definition) is 4. The van der Waals surface area contributed by atoms with Gasteiger partial charge in [0.2, 0.25) is 0 Å². The van der Waals surface area contributed by atoms with Crippen molar-refractivity contribution in [3.05, 3.63) is 36.5 Å². The molecule has 0 aromatic carbocycles. The Kier molecular flexibility index (Phi) is 2.68. The number of rotatable bonds is 3. The Morgan fingerprint density at radius 1 is 1.42 bits per heavy atom. The summed E-state index contributed by atoms with van der Waals surface area (Å²) in [6.45, 7) is -0.321. The van der Waals surface area contributed by atoms with Crippen LogP contribution in [-0.4, -0.2) is 30.8 Å². The molecule has 3 aromatic rings. The molecule has 94 valence electrons. The van der Waals surface area contributed by atoms with E-state index in [1.165, 1.54) is 10.8 Å². The maximum atomic E-state index is 12.5. The fraction of sp³-hybridized carbons (Fsp3) is 0.167. The van der Waals surface area contributed by atoms with Crippen LogP contribution in [0, 0.1) is 11.3 Å². The zero-order chi connectivity index (χ0) is 13.2. The molecular weight excluding hydrogens is 247 g/mol. The van der Waals surface area contributed by atoms with Gasteiger partial charge in [-0.25, -0.2) is 18.9 Å². The summed E-state index contributed by atoms with van der Waals surface area (Å²) in [5.74, 6) is 0. The highest BCUT2D eigenvalue weighted by molar-refractivity contribution is 5.66. The second-order valence-electron chi connectivity index (χ2n) is 3.88. The van der Waals surface area contributed by atoms with E-state index in [-0.39, 0.29) is 6.54 Å². The molecule has 19 heavy (non-hydrogen) atoms. The van der Waals surface area contributed by atoms with Crippen LogP contribution >= 0.6 is 0 Å². The maximum Gasteiger partial charge on any atom is 0.172 e. The van der Waals surface area contributed by atoms with Crippen LogP contribution in [0.2, 0.25) is 0 Å². The van der Waals surface area contributed by atoms with Crippen LogP contribution in [-0.2, 0) is 6.54 Å². The SMILES string of the molecule is N#Cc1c(-c2cncn2CCF)nc2cccnn12. The number of hydrogen-bond donors (Lipinski definition) is 0. The van der Waals surface area contributed by atoms with Gasteiger partial charge in [-0.05, 0) is 12.1 Å². The second kappa shape index (κ2) is 4.49. The van der Waals surface area contributed by atoms with Crippen LogP contribution in [0.3, 0.4) is 0 Å². The Hall–Kier alpha value is -2.75. The fourth-order valence-electron chi connectivity index (χ4n) is 1.95. The Bertz CT molecular complexity index is 766. The molecule has 0 saturated carbocycles. The van der Waals surface area contributed by atoms with Crippen LogP contribution in [0.15, 0.2) is 30.9 Å². The van der Waals surface area contributed by atoms with Crippen LogP contribution < -0.4 is 0 Å². The monoisotopic (exact) mass is 256 g/mol. The molecule has 0 saturated heterocycles. The van der Waals surface area contributed by atoms with Gasteiger partial charge in [-0.2, -0.15) is 10.4 Å². The normalized spacial score (nSPS) is 10.7. The van der Waals surface area contributed by atoms with Gasteiger partial charge in [-0.15, -0.1) is 0 Å². The average molecular weight is 256 g/mol. The highest BCUT2D eigenvalue weighted by atomic mass is 19.1. The van der Waals surface area contributed by atoms with E-state index >= 15 is 0 Å². The first-order valence-electron chi connectivity index (χ1n) is 5.65. The molecule has 7 heteroatoms. The van der Waals surface area contributed by atoms with Gasteiger partial charge in [-0.3, -0.25) is 0 Å². The molecule has 0 aliphatic heterocycles. The minimum Gasteiger partial charge on any atom is -0.327 e. The van der Waals surface area contributed by atoms with Gasteiger partial charge in [0.15, 0.2) is 11.3 Å². The molecule has 0 bridgehead atoms. The Morgan fingerprint density at radius 2 is 2.32 bits per heavy atom. The van der Waals surface area contributed by atoms with Gasteiger partial charge < -0.3 is 4.57 Å². The van der Waals surface area contributed by atoms with E-state index in [9.17, 15) is 9.65 Å². The summed E-state index contributed by atoms with van der Waals surface area (Å²) in [7, 11) is 0. The molecule has 3 heterocycles. The number of aromatic nitrogens is 5. The quantitative estimate of drug-likeness (QED) is 0.710. The van der Waals surface area contributed by atoms with Crippen molar-refractivity contribution in [3.63, 3.8) is 0 Å². The number of fused-ring (bicyclic) bond motifs is 1. The lowest BCUT2D eigenvalue weighted by Crippen LogP contribution is -2.01. The molecule has 3 rings (SSSR count). The van der Waals surface area contributed by atoms with Crippen molar-refractivity contribution >= 4 is 5.65 Å². The summed E-state index contributed by atoms with van der Waals surface area (Å²) < 4.78 is 15.6. The average Bonchev–Trinajstić information content (AvgIpc) is 3.02. The summed E-state index contributed by atoms with van der Waals surface area (Å²) >= 11 is 0. The third kappa shape index (κ3) is 1.74. The van der Waals surface area contributed by atoms with E-state index in [0.29, 0.717) is 22.7 Å². The molecule has 0 atom stereocenters. The number of nitrogens with zero attached hydrogens (tertiary/aromatic N) is 6.